The van der Waals surface area contributed by atoms with E-state index in [1.54, 1.807) is 30.5 Å². The first-order valence-corrected chi connectivity index (χ1v) is 6.17. The lowest BCUT2D eigenvalue weighted by atomic mass is 10.3. The van der Waals surface area contributed by atoms with E-state index in [4.69, 9.17) is 45.3 Å². The summed E-state index contributed by atoms with van der Waals surface area (Å²) < 4.78 is 5.52. The molecular formula is C12H9Cl3N2O. The Bertz CT molecular complexity index is 552. The van der Waals surface area contributed by atoms with Gasteiger partial charge in [-0.3, -0.25) is 4.98 Å². The highest BCUT2D eigenvalue weighted by molar-refractivity contribution is 6.40. The highest BCUT2D eigenvalue weighted by Crippen LogP contribution is 2.36. The quantitative estimate of drug-likeness (QED) is 0.924. The summed E-state index contributed by atoms with van der Waals surface area (Å²) in [5.41, 5.74) is 6.96. The van der Waals surface area contributed by atoms with Crippen LogP contribution < -0.4 is 10.5 Å². The normalized spacial score (nSPS) is 10.4. The summed E-state index contributed by atoms with van der Waals surface area (Å²) >= 11 is 17.8. The molecule has 0 saturated carbocycles. The van der Waals surface area contributed by atoms with E-state index in [2.05, 4.69) is 4.98 Å². The van der Waals surface area contributed by atoms with E-state index >= 15 is 0 Å². The van der Waals surface area contributed by atoms with Crippen molar-refractivity contribution >= 4 is 40.5 Å². The van der Waals surface area contributed by atoms with Gasteiger partial charge < -0.3 is 10.5 Å². The number of hydrogen-bond donors (Lipinski definition) is 1. The van der Waals surface area contributed by atoms with Crippen LogP contribution in [0.3, 0.4) is 0 Å². The number of aromatic nitrogens is 1. The minimum atomic E-state index is 0.228. The van der Waals surface area contributed by atoms with E-state index in [1.807, 2.05) is 0 Å². The average molecular weight is 304 g/mol. The molecule has 2 N–H and O–H groups in total. The molecule has 0 aliphatic carbocycles. The number of ether oxygens (including phenoxy) is 1. The van der Waals surface area contributed by atoms with E-state index in [1.165, 1.54) is 0 Å². The molecule has 0 saturated heterocycles. The first-order chi connectivity index (χ1) is 8.56. The van der Waals surface area contributed by atoms with E-state index in [0.717, 1.165) is 0 Å². The van der Waals surface area contributed by atoms with Crippen LogP contribution in [0.25, 0.3) is 0 Å². The number of anilines is 1. The highest BCUT2D eigenvalue weighted by Gasteiger charge is 2.09. The molecule has 1 aromatic heterocycles. The molecule has 0 atom stereocenters. The van der Waals surface area contributed by atoms with E-state index in [-0.39, 0.29) is 6.61 Å². The molecule has 2 rings (SSSR count). The number of nitrogen functional groups attached to an aromatic ring is 1. The summed E-state index contributed by atoms with van der Waals surface area (Å²) in [6, 6.07) is 6.55. The van der Waals surface area contributed by atoms with Gasteiger partial charge in [0.25, 0.3) is 0 Å². The molecule has 0 aliphatic heterocycles. The topological polar surface area (TPSA) is 48.1 Å². The Kier molecular flexibility index (Phi) is 4.17. The van der Waals surface area contributed by atoms with Gasteiger partial charge in [-0.2, -0.15) is 0 Å². The van der Waals surface area contributed by atoms with Gasteiger partial charge in [0.15, 0.2) is 5.75 Å². The molecule has 0 fully saturated rings. The van der Waals surface area contributed by atoms with Gasteiger partial charge in [0.2, 0.25) is 0 Å². The van der Waals surface area contributed by atoms with Crippen LogP contribution in [-0.4, -0.2) is 4.98 Å². The third-order valence-electron chi connectivity index (χ3n) is 2.17. The largest absolute Gasteiger partial charge is 0.484 e. The smallest absolute Gasteiger partial charge is 0.157 e. The Hall–Kier alpha value is -1.16. The van der Waals surface area contributed by atoms with Crippen molar-refractivity contribution in [1.29, 1.82) is 0 Å². The molecule has 1 heterocycles. The lowest BCUT2D eigenvalue weighted by Crippen LogP contribution is -2.00. The molecule has 2 aromatic rings. The van der Waals surface area contributed by atoms with Gasteiger partial charge in [0.05, 0.1) is 15.7 Å². The molecule has 0 bridgehead atoms. The molecule has 6 heteroatoms. The Morgan fingerprint density at radius 3 is 2.39 bits per heavy atom. The maximum absolute atomic E-state index is 5.99. The number of hydrogen-bond acceptors (Lipinski definition) is 3. The second kappa shape index (κ2) is 5.65. The zero-order chi connectivity index (χ0) is 13.1. The van der Waals surface area contributed by atoms with E-state index in [9.17, 15) is 0 Å². The number of nitrogens with zero attached hydrogens (tertiary/aromatic N) is 1. The molecule has 0 unspecified atom stereocenters. The van der Waals surface area contributed by atoms with Crippen LogP contribution in [0.15, 0.2) is 30.5 Å². The van der Waals surface area contributed by atoms with Crippen LogP contribution in [0.4, 0.5) is 5.69 Å². The maximum atomic E-state index is 5.99. The third kappa shape index (κ3) is 3.19. The van der Waals surface area contributed by atoms with Gasteiger partial charge in [-0.15, -0.1) is 0 Å². The molecule has 0 amide bonds. The fraction of sp³-hybridized carbons (Fsp3) is 0.0833. The Balaban J connectivity index is 2.16. The van der Waals surface area contributed by atoms with Crippen LogP contribution in [0, 0.1) is 0 Å². The highest BCUT2D eigenvalue weighted by atomic mass is 35.5. The van der Waals surface area contributed by atoms with Crippen LogP contribution in [-0.2, 0) is 6.61 Å². The van der Waals surface area contributed by atoms with Crippen molar-refractivity contribution in [3.63, 3.8) is 0 Å². The molecule has 1 aromatic carbocycles. The van der Waals surface area contributed by atoms with E-state index in [0.29, 0.717) is 32.2 Å². The average Bonchev–Trinajstić information content (AvgIpc) is 2.27. The second-order valence-corrected chi connectivity index (χ2v) is 4.82. The Morgan fingerprint density at radius 2 is 1.78 bits per heavy atom. The van der Waals surface area contributed by atoms with Crippen molar-refractivity contribution in [1.82, 2.24) is 4.98 Å². The van der Waals surface area contributed by atoms with Crippen molar-refractivity contribution < 1.29 is 4.74 Å². The van der Waals surface area contributed by atoms with Gasteiger partial charge >= 0.3 is 0 Å². The first kappa shape index (κ1) is 13.3. The standard InChI is InChI=1S/C12H9Cl3N2O/c13-7-3-10(14)12(11(15)4-7)18-6-9-5-8(16)1-2-17-9/h1-5H,6H2,(H2,16,17). The third-order valence-corrected chi connectivity index (χ3v) is 2.95. The number of nitrogens with two attached hydrogens (primary N) is 1. The number of halogens is 3. The fourth-order valence-electron chi connectivity index (χ4n) is 1.39. The zero-order valence-electron chi connectivity index (χ0n) is 9.16. The van der Waals surface area contributed by atoms with Crippen molar-refractivity contribution in [3.05, 3.63) is 51.2 Å². The molecule has 3 nitrogen and oxygen atoms in total. The molecule has 0 spiro atoms. The predicted octanol–water partition coefficient (Wildman–Crippen LogP) is 4.20. The summed E-state index contributed by atoms with van der Waals surface area (Å²) in [7, 11) is 0. The predicted molar refractivity (Wildman–Crippen MR) is 74.5 cm³/mol. The number of rotatable bonds is 3. The van der Waals surface area contributed by atoms with Gasteiger partial charge in [-0.1, -0.05) is 34.8 Å². The minimum absolute atomic E-state index is 0.228. The number of pyridine rings is 1. The van der Waals surface area contributed by atoms with Gasteiger partial charge in [0, 0.05) is 16.9 Å². The Labute approximate surface area is 119 Å². The summed E-state index contributed by atoms with van der Waals surface area (Å²) in [4.78, 5) is 4.11. The Morgan fingerprint density at radius 1 is 1.11 bits per heavy atom. The summed E-state index contributed by atoms with van der Waals surface area (Å²) in [6.45, 7) is 0.228. The van der Waals surface area contributed by atoms with Crippen LogP contribution in [0.5, 0.6) is 5.75 Å². The molecule has 0 radical (unpaired) electrons. The van der Waals surface area contributed by atoms with Gasteiger partial charge in [0.1, 0.15) is 6.61 Å². The number of benzene rings is 1. The monoisotopic (exact) mass is 302 g/mol. The van der Waals surface area contributed by atoms with Gasteiger partial charge in [-0.05, 0) is 24.3 Å². The SMILES string of the molecule is Nc1ccnc(COc2c(Cl)cc(Cl)cc2Cl)c1. The van der Waals surface area contributed by atoms with Crippen molar-refractivity contribution in [2.24, 2.45) is 0 Å². The summed E-state index contributed by atoms with van der Waals surface area (Å²) in [6.07, 6.45) is 1.61. The van der Waals surface area contributed by atoms with Crippen molar-refractivity contribution in [2.45, 2.75) is 6.61 Å². The second-order valence-electron chi connectivity index (χ2n) is 3.57. The maximum Gasteiger partial charge on any atom is 0.157 e. The zero-order valence-corrected chi connectivity index (χ0v) is 11.4. The molecular weight excluding hydrogens is 295 g/mol. The fourth-order valence-corrected chi connectivity index (χ4v) is 2.31. The minimum Gasteiger partial charge on any atom is -0.484 e. The van der Waals surface area contributed by atoms with Crippen molar-refractivity contribution in [2.75, 3.05) is 5.73 Å². The molecule has 94 valence electrons. The summed E-state index contributed by atoms with van der Waals surface area (Å²) in [5.74, 6) is 0.381. The van der Waals surface area contributed by atoms with Crippen LogP contribution in [0.2, 0.25) is 15.1 Å². The summed E-state index contributed by atoms with van der Waals surface area (Å²) in [5, 5.41) is 1.17. The molecule has 0 aliphatic rings. The first-order valence-electron chi connectivity index (χ1n) is 5.04. The lowest BCUT2D eigenvalue weighted by molar-refractivity contribution is 0.302. The van der Waals surface area contributed by atoms with Crippen LogP contribution >= 0.6 is 34.8 Å². The van der Waals surface area contributed by atoms with Crippen LogP contribution in [0.1, 0.15) is 5.69 Å². The van der Waals surface area contributed by atoms with Crippen molar-refractivity contribution in [3.8, 4) is 5.75 Å². The molecule has 18 heavy (non-hydrogen) atoms. The van der Waals surface area contributed by atoms with E-state index < -0.39 is 0 Å². The lowest BCUT2D eigenvalue weighted by Gasteiger charge is -2.10. The van der Waals surface area contributed by atoms with Gasteiger partial charge in [-0.25, -0.2) is 0 Å².